The van der Waals surface area contributed by atoms with Crippen LogP contribution >= 0.6 is 0 Å². The van der Waals surface area contributed by atoms with Crippen molar-refractivity contribution in [1.82, 2.24) is 10.6 Å². The zero-order chi connectivity index (χ0) is 31.9. The molecular formula is C36H40N4O5. The summed E-state index contributed by atoms with van der Waals surface area (Å²) in [5.41, 5.74) is 4.97. The molecule has 1 aliphatic rings. The Morgan fingerprint density at radius 3 is 1.91 bits per heavy atom. The molecule has 0 spiro atoms. The van der Waals surface area contributed by atoms with Gasteiger partial charge >= 0.3 is 12.2 Å². The van der Waals surface area contributed by atoms with Gasteiger partial charge in [0, 0.05) is 29.9 Å². The van der Waals surface area contributed by atoms with Gasteiger partial charge in [0.2, 0.25) is 5.91 Å². The second-order valence-corrected chi connectivity index (χ2v) is 10.9. The van der Waals surface area contributed by atoms with Gasteiger partial charge in [-0.15, -0.1) is 0 Å². The number of fused-ring (bicyclic) bond motifs is 1. The van der Waals surface area contributed by atoms with Crippen molar-refractivity contribution in [2.75, 3.05) is 10.6 Å². The molecule has 45 heavy (non-hydrogen) atoms. The Balaban J connectivity index is 0.000000205. The number of nitrogens with one attached hydrogen (secondary N) is 4. The summed E-state index contributed by atoms with van der Waals surface area (Å²) in [6.45, 7) is 4.41. The van der Waals surface area contributed by atoms with Crippen LogP contribution in [0.3, 0.4) is 0 Å². The monoisotopic (exact) mass is 608 g/mol. The molecule has 4 aromatic carbocycles. The largest absolute Gasteiger partial charge is 0.445 e. The third kappa shape index (κ3) is 11.4. The van der Waals surface area contributed by atoms with E-state index < -0.39 is 6.09 Å². The third-order valence-corrected chi connectivity index (χ3v) is 6.96. The van der Waals surface area contributed by atoms with Gasteiger partial charge in [-0.2, -0.15) is 0 Å². The molecule has 0 saturated carbocycles. The maximum atomic E-state index is 12.0. The fourth-order valence-electron chi connectivity index (χ4n) is 4.85. The lowest BCUT2D eigenvalue weighted by Crippen LogP contribution is -2.36. The van der Waals surface area contributed by atoms with Crippen LogP contribution in [-0.4, -0.2) is 30.2 Å². The molecular weight excluding hydrogens is 568 g/mol. The van der Waals surface area contributed by atoms with E-state index in [1.54, 1.807) is 0 Å². The average Bonchev–Trinajstić information content (AvgIpc) is 3.04. The van der Waals surface area contributed by atoms with Crippen molar-refractivity contribution in [3.63, 3.8) is 0 Å². The molecule has 4 N–H and O–H groups in total. The highest BCUT2D eigenvalue weighted by atomic mass is 16.6. The van der Waals surface area contributed by atoms with Gasteiger partial charge in [0.15, 0.2) is 0 Å². The molecule has 234 valence electrons. The number of benzene rings is 4. The molecule has 0 saturated heterocycles. The number of alkyl carbamates (subject to hydrolysis) is 2. The van der Waals surface area contributed by atoms with Gasteiger partial charge in [0.25, 0.3) is 0 Å². The number of anilines is 2. The topological polar surface area (TPSA) is 118 Å². The van der Waals surface area contributed by atoms with Crippen molar-refractivity contribution in [2.45, 2.75) is 58.0 Å². The minimum atomic E-state index is -0.731. The van der Waals surface area contributed by atoms with Gasteiger partial charge < -0.3 is 25.4 Å². The minimum Gasteiger partial charge on any atom is -0.445 e. The summed E-state index contributed by atoms with van der Waals surface area (Å²) in [6.07, 6.45) is -0.0872. The molecule has 0 aromatic heterocycles. The van der Waals surface area contributed by atoms with Crippen LogP contribution in [0.25, 0.3) is 0 Å². The first-order valence-corrected chi connectivity index (χ1v) is 15.0. The fourth-order valence-corrected chi connectivity index (χ4v) is 4.85. The predicted molar refractivity (Wildman–Crippen MR) is 176 cm³/mol. The number of carbonyl (C=O) groups excluding carboxylic acids is 3. The van der Waals surface area contributed by atoms with Crippen LogP contribution in [0.2, 0.25) is 0 Å². The van der Waals surface area contributed by atoms with E-state index in [9.17, 15) is 14.4 Å². The average molecular weight is 609 g/mol. The molecule has 3 amide bonds. The molecule has 1 aliphatic heterocycles. The number of para-hydroxylation sites is 2. The lowest BCUT2D eigenvalue weighted by Gasteiger charge is -2.31. The SMILES string of the molecule is C[C@@H](CC(=O)NC(=O)OCc1ccccc1)Nc1ccccc1.C[C@H]1C[C@@H](NC(=O)OCc2ccccc2)c2ccccc2N1. The van der Waals surface area contributed by atoms with Crippen LogP contribution in [0.4, 0.5) is 21.0 Å². The van der Waals surface area contributed by atoms with E-state index in [4.69, 9.17) is 9.47 Å². The molecule has 0 fully saturated rings. The van der Waals surface area contributed by atoms with E-state index in [1.807, 2.05) is 122 Å². The Morgan fingerprint density at radius 2 is 1.29 bits per heavy atom. The fraction of sp³-hybridized carbons (Fsp3) is 0.250. The zero-order valence-electron chi connectivity index (χ0n) is 25.6. The lowest BCUT2D eigenvalue weighted by atomic mass is 9.94. The maximum absolute atomic E-state index is 12.0. The quantitative estimate of drug-likeness (QED) is 0.159. The van der Waals surface area contributed by atoms with Crippen LogP contribution in [0.5, 0.6) is 0 Å². The molecule has 3 atom stereocenters. The van der Waals surface area contributed by atoms with Crippen LogP contribution in [0.15, 0.2) is 115 Å². The molecule has 0 radical (unpaired) electrons. The van der Waals surface area contributed by atoms with Gasteiger partial charge in [0.1, 0.15) is 13.2 Å². The Labute approximate surface area is 264 Å². The zero-order valence-corrected chi connectivity index (χ0v) is 25.6. The van der Waals surface area contributed by atoms with Gasteiger partial charge in [-0.3, -0.25) is 10.1 Å². The molecule has 5 rings (SSSR count). The van der Waals surface area contributed by atoms with Crippen molar-refractivity contribution in [2.24, 2.45) is 0 Å². The van der Waals surface area contributed by atoms with E-state index in [0.29, 0.717) is 6.04 Å². The number of hydrogen-bond acceptors (Lipinski definition) is 7. The van der Waals surface area contributed by atoms with Crippen LogP contribution in [0, 0.1) is 0 Å². The Kier molecular flexibility index (Phi) is 12.4. The number of rotatable bonds is 9. The normalized spacial score (nSPS) is 15.4. The summed E-state index contributed by atoms with van der Waals surface area (Å²) in [7, 11) is 0. The lowest BCUT2D eigenvalue weighted by molar-refractivity contribution is -0.120. The highest BCUT2D eigenvalue weighted by molar-refractivity contribution is 5.92. The number of imide groups is 1. The van der Waals surface area contributed by atoms with Gasteiger partial charge in [-0.05, 0) is 55.2 Å². The first-order chi connectivity index (χ1) is 21.9. The number of hydrogen-bond donors (Lipinski definition) is 4. The summed E-state index contributed by atoms with van der Waals surface area (Å²) in [4.78, 5) is 35.5. The van der Waals surface area contributed by atoms with E-state index in [0.717, 1.165) is 34.5 Å². The van der Waals surface area contributed by atoms with Gasteiger partial charge in [0.05, 0.1) is 6.04 Å². The van der Waals surface area contributed by atoms with Crippen molar-refractivity contribution in [3.05, 3.63) is 132 Å². The van der Waals surface area contributed by atoms with Crippen molar-refractivity contribution in [1.29, 1.82) is 0 Å². The van der Waals surface area contributed by atoms with Crippen LogP contribution in [0.1, 0.15) is 49.4 Å². The summed E-state index contributed by atoms with van der Waals surface area (Å²) in [6, 6.07) is 36.8. The minimum absolute atomic E-state index is 0.0178. The Hall–Kier alpha value is -5.31. The summed E-state index contributed by atoms with van der Waals surface area (Å²) in [5.74, 6) is -0.376. The second kappa shape index (κ2) is 17.1. The predicted octanol–water partition coefficient (Wildman–Crippen LogP) is 7.19. The van der Waals surface area contributed by atoms with Crippen LogP contribution in [-0.2, 0) is 27.5 Å². The van der Waals surface area contributed by atoms with E-state index in [-0.39, 0.29) is 43.7 Å². The summed E-state index contributed by atoms with van der Waals surface area (Å²) in [5, 5.41) is 11.8. The van der Waals surface area contributed by atoms with Crippen LogP contribution < -0.4 is 21.3 Å². The molecule has 9 heteroatoms. The Bertz CT molecular complexity index is 1500. The molecule has 0 unspecified atom stereocenters. The summed E-state index contributed by atoms with van der Waals surface area (Å²) >= 11 is 0. The molecule has 0 aliphatic carbocycles. The third-order valence-electron chi connectivity index (χ3n) is 6.96. The van der Waals surface area contributed by atoms with E-state index in [2.05, 4.69) is 28.2 Å². The highest BCUT2D eigenvalue weighted by Gasteiger charge is 2.25. The number of carbonyl (C=O) groups is 3. The highest BCUT2D eigenvalue weighted by Crippen LogP contribution is 2.32. The van der Waals surface area contributed by atoms with Crippen molar-refractivity contribution in [3.8, 4) is 0 Å². The first kappa shape index (κ1) is 32.6. The number of amides is 3. The number of ether oxygens (including phenoxy) is 2. The molecule has 4 aromatic rings. The standard InChI is InChI=1S/C18H20N2O3.C18H20N2O2/c1-14(19-16-10-6-3-7-11-16)12-17(21)20-18(22)23-13-15-8-4-2-5-9-15;1-13-11-17(15-9-5-6-10-16(15)19-13)20-18(21)22-12-14-7-3-2-4-8-14/h2-11,14,19H,12-13H2,1H3,(H,20,21,22);2-10,13,17,19H,11-12H2,1H3,(H,20,21)/t14-;13-,17+/m00/s1. The van der Waals surface area contributed by atoms with Crippen molar-refractivity contribution < 1.29 is 23.9 Å². The molecule has 1 heterocycles. The van der Waals surface area contributed by atoms with E-state index >= 15 is 0 Å². The molecule has 9 nitrogen and oxygen atoms in total. The van der Waals surface area contributed by atoms with Gasteiger partial charge in [-0.1, -0.05) is 97.1 Å². The second-order valence-electron chi connectivity index (χ2n) is 10.9. The van der Waals surface area contributed by atoms with Crippen molar-refractivity contribution >= 4 is 29.5 Å². The smallest absolute Gasteiger partial charge is 0.414 e. The Morgan fingerprint density at radius 1 is 0.756 bits per heavy atom. The molecule has 0 bridgehead atoms. The summed E-state index contributed by atoms with van der Waals surface area (Å²) < 4.78 is 10.3. The first-order valence-electron chi connectivity index (χ1n) is 15.0. The maximum Gasteiger partial charge on any atom is 0.414 e. The van der Waals surface area contributed by atoms with E-state index in [1.165, 1.54) is 0 Å². The van der Waals surface area contributed by atoms with Gasteiger partial charge in [-0.25, -0.2) is 9.59 Å².